The van der Waals surface area contributed by atoms with Gasteiger partial charge in [0.2, 0.25) is 0 Å². The van der Waals surface area contributed by atoms with E-state index < -0.39 is 0 Å². The van der Waals surface area contributed by atoms with E-state index in [-0.39, 0.29) is 5.91 Å². The minimum Gasteiger partial charge on any atom is -0.326 e. The van der Waals surface area contributed by atoms with Gasteiger partial charge in [-0.15, -0.1) is 0 Å². The number of nitrogens with one attached hydrogen (secondary N) is 1. The number of carbonyl (C=O) groups is 1. The lowest BCUT2D eigenvalue weighted by Gasteiger charge is -2.34. The number of hydrogen-bond donors (Lipinski definition) is 1. The van der Waals surface area contributed by atoms with Crippen molar-refractivity contribution in [1.29, 1.82) is 0 Å². The summed E-state index contributed by atoms with van der Waals surface area (Å²) in [5.74, 6) is -0.00207. The number of carbonyl (C=O) groups excluding carboxylic acids is 1. The molecule has 1 N–H and O–H groups in total. The summed E-state index contributed by atoms with van der Waals surface area (Å²) in [5, 5.41) is 3.12. The van der Waals surface area contributed by atoms with Crippen molar-refractivity contribution in [2.24, 2.45) is 0 Å². The highest BCUT2D eigenvalue weighted by molar-refractivity contribution is 5.95. The quantitative estimate of drug-likeness (QED) is 0.931. The lowest BCUT2D eigenvalue weighted by atomic mass is 10.0. The van der Waals surface area contributed by atoms with E-state index >= 15 is 0 Å². The molecule has 2 aromatic carbocycles. The van der Waals surface area contributed by atoms with Gasteiger partial charge in [-0.2, -0.15) is 0 Å². The van der Waals surface area contributed by atoms with E-state index in [1.807, 2.05) is 30.3 Å². The number of amides is 1. The molecule has 2 aromatic rings. The Hall–Kier alpha value is -2.39. The average molecular weight is 318 g/mol. The Morgan fingerprint density at radius 3 is 2.42 bits per heavy atom. The van der Waals surface area contributed by atoms with Gasteiger partial charge in [-0.05, 0) is 36.6 Å². The van der Waals surface area contributed by atoms with E-state index in [9.17, 15) is 4.79 Å². The van der Waals surface area contributed by atoms with Crippen molar-refractivity contribution in [3.8, 4) is 0 Å². The Morgan fingerprint density at radius 1 is 1.00 bits per heavy atom. The minimum atomic E-state index is -0.00207. The zero-order valence-corrected chi connectivity index (χ0v) is 13.7. The van der Waals surface area contributed by atoms with Crippen molar-refractivity contribution in [2.45, 2.75) is 37.9 Å². The fraction of sp³-hybridized carbons (Fsp3) is 0.286. The van der Waals surface area contributed by atoms with Crippen molar-refractivity contribution in [3.63, 3.8) is 0 Å². The Kier molecular flexibility index (Phi) is 4.18. The van der Waals surface area contributed by atoms with Gasteiger partial charge in [-0.3, -0.25) is 9.69 Å². The van der Waals surface area contributed by atoms with E-state index in [0.29, 0.717) is 12.1 Å². The zero-order valence-electron chi connectivity index (χ0n) is 13.7. The molecule has 0 saturated carbocycles. The molecule has 2 heterocycles. The van der Waals surface area contributed by atoms with Crippen LogP contribution >= 0.6 is 0 Å². The third-order valence-corrected chi connectivity index (χ3v) is 5.06. The molecule has 3 nitrogen and oxygen atoms in total. The summed E-state index contributed by atoms with van der Waals surface area (Å²) in [6.45, 7) is 0.993. The molecular weight excluding hydrogens is 296 g/mol. The Labute approximate surface area is 143 Å². The standard InChI is InChI=1S/C21H22N2O/c24-21(17-9-5-2-6-10-17)22-18-13-19-11-12-20(14-18)23(19)15-16-7-3-1-4-8-16/h1-10,13,19-20H,11-12,14-15H2,(H,22,24). The van der Waals surface area contributed by atoms with Gasteiger partial charge in [0.1, 0.15) is 0 Å². The SMILES string of the molecule is O=C(NC1=CC2CCC(C1)N2Cc1ccccc1)c1ccccc1. The molecule has 0 aliphatic carbocycles. The molecule has 2 unspecified atom stereocenters. The molecular formula is C21H22N2O. The number of fused-ring (bicyclic) bond motifs is 2. The molecule has 1 amide bonds. The molecule has 0 spiro atoms. The molecule has 3 heteroatoms. The van der Waals surface area contributed by atoms with Gasteiger partial charge in [-0.1, -0.05) is 48.5 Å². The Bertz CT molecular complexity index is 739. The highest BCUT2D eigenvalue weighted by Gasteiger charge is 2.36. The van der Waals surface area contributed by atoms with E-state index in [4.69, 9.17) is 0 Å². The summed E-state index contributed by atoms with van der Waals surface area (Å²) >= 11 is 0. The van der Waals surface area contributed by atoms with Crippen LogP contribution in [0.1, 0.15) is 35.2 Å². The second-order valence-electron chi connectivity index (χ2n) is 6.67. The van der Waals surface area contributed by atoms with Crippen LogP contribution in [-0.2, 0) is 6.54 Å². The summed E-state index contributed by atoms with van der Waals surface area (Å²) in [6, 6.07) is 21.1. The number of rotatable bonds is 4. The fourth-order valence-electron chi connectivity index (χ4n) is 3.86. The first-order valence-electron chi connectivity index (χ1n) is 8.66. The van der Waals surface area contributed by atoms with Crippen LogP contribution in [0.15, 0.2) is 72.4 Å². The van der Waals surface area contributed by atoms with Crippen molar-refractivity contribution in [1.82, 2.24) is 10.2 Å². The first-order valence-corrected chi connectivity index (χ1v) is 8.66. The molecule has 24 heavy (non-hydrogen) atoms. The van der Waals surface area contributed by atoms with Crippen molar-refractivity contribution >= 4 is 5.91 Å². The maximum absolute atomic E-state index is 12.4. The molecule has 2 atom stereocenters. The molecule has 4 rings (SSSR count). The maximum Gasteiger partial charge on any atom is 0.255 e. The normalized spacial score (nSPS) is 22.9. The number of nitrogens with zero attached hydrogens (tertiary/aromatic N) is 1. The second kappa shape index (κ2) is 6.62. The van der Waals surface area contributed by atoms with Gasteiger partial charge in [0.15, 0.2) is 0 Å². The second-order valence-corrected chi connectivity index (χ2v) is 6.67. The molecule has 0 aromatic heterocycles. The molecule has 1 saturated heterocycles. The van der Waals surface area contributed by atoms with Crippen LogP contribution in [0.25, 0.3) is 0 Å². The molecule has 122 valence electrons. The lowest BCUT2D eigenvalue weighted by Crippen LogP contribution is -2.40. The van der Waals surface area contributed by atoms with E-state index in [1.165, 1.54) is 18.4 Å². The summed E-state index contributed by atoms with van der Waals surface area (Å²) in [6.07, 6.45) is 5.58. The molecule has 2 aliphatic heterocycles. The van der Waals surface area contributed by atoms with Gasteiger partial charge in [0, 0.05) is 36.3 Å². The first-order chi connectivity index (χ1) is 11.8. The Balaban J connectivity index is 1.45. The average Bonchev–Trinajstić information content (AvgIpc) is 2.86. The highest BCUT2D eigenvalue weighted by Crippen LogP contribution is 2.35. The van der Waals surface area contributed by atoms with Gasteiger partial charge < -0.3 is 5.32 Å². The highest BCUT2D eigenvalue weighted by atomic mass is 16.1. The van der Waals surface area contributed by atoms with Crippen LogP contribution in [0, 0.1) is 0 Å². The topological polar surface area (TPSA) is 32.3 Å². The Morgan fingerprint density at radius 2 is 1.71 bits per heavy atom. The van der Waals surface area contributed by atoms with E-state index in [1.54, 1.807) is 0 Å². The molecule has 2 bridgehead atoms. The van der Waals surface area contributed by atoms with E-state index in [2.05, 4.69) is 46.6 Å². The largest absolute Gasteiger partial charge is 0.326 e. The zero-order chi connectivity index (χ0) is 16.4. The molecule has 0 radical (unpaired) electrons. The molecule has 1 fully saturated rings. The predicted octanol–water partition coefficient (Wildman–Crippen LogP) is 3.74. The van der Waals surface area contributed by atoms with Crippen LogP contribution in [0.5, 0.6) is 0 Å². The lowest BCUT2D eigenvalue weighted by molar-refractivity contribution is 0.0958. The van der Waals surface area contributed by atoms with Crippen molar-refractivity contribution < 1.29 is 4.79 Å². The van der Waals surface area contributed by atoms with Crippen LogP contribution in [-0.4, -0.2) is 22.9 Å². The van der Waals surface area contributed by atoms with Gasteiger partial charge in [0.05, 0.1) is 0 Å². The summed E-state index contributed by atoms with van der Waals surface area (Å²) in [5.41, 5.74) is 3.16. The van der Waals surface area contributed by atoms with Gasteiger partial charge in [-0.25, -0.2) is 0 Å². The maximum atomic E-state index is 12.4. The first kappa shape index (κ1) is 15.2. The number of benzene rings is 2. The van der Waals surface area contributed by atoms with Crippen molar-refractivity contribution in [2.75, 3.05) is 0 Å². The summed E-state index contributed by atoms with van der Waals surface area (Å²) in [4.78, 5) is 14.9. The third kappa shape index (κ3) is 3.13. The van der Waals surface area contributed by atoms with E-state index in [0.717, 1.165) is 24.2 Å². The van der Waals surface area contributed by atoms with Crippen LogP contribution in [0.4, 0.5) is 0 Å². The van der Waals surface area contributed by atoms with Crippen LogP contribution < -0.4 is 5.32 Å². The summed E-state index contributed by atoms with van der Waals surface area (Å²) in [7, 11) is 0. The predicted molar refractivity (Wildman–Crippen MR) is 95.4 cm³/mol. The van der Waals surface area contributed by atoms with Gasteiger partial charge >= 0.3 is 0 Å². The van der Waals surface area contributed by atoms with Gasteiger partial charge in [0.25, 0.3) is 5.91 Å². The molecule has 2 aliphatic rings. The smallest absolute Gasteiger partial charge is 0.255 e. The monoisotopic (exact) mass is 318 g/mol. The van der Waals surface area contributed by atoms with Crippen LogP contribution in [0.2, 0.25) is 0 Å². The minimum absolute atomic E-state index is 0.00207. The third-order valence-electron chi connectivity index (χ3n) is 5.06. The summed E-state index contributed by atoms with van der Waals surface area (Å²) < 4.78 is 0. The van der Waals surface area contributed by atoms with Crippen LogP contribution in [0.3, 0.4) is 0 Å². The number of hydrogen-bond acceptors (Lipinski definition) is 2. The fourth-order valence-corrected chi connectivity index (χ4v) is 3.86. The van der Waals surface area contributed by atoms with Crippen molar-refractivity contribution in [3.05, 3.63) is 83.6 Å².